The van der Waals surface area contributed by atoms with Crippen LogP contribution in [0.5, 0.6) is 0 Å². The average Bonchev–Trinajstić information content (AvgIpc) is 3.41. The minimum atomic E-state index is -3.81. The van der Waals surface area contributed by atoms with Crippen LogP contribution < -0.4 is 5.46 Å². The topological polar surface area (TPSA) is 94.0 Å². The van der Waals surface area contributed by atoms with Crippen molar-refractivity contribution in [2.24, 2.45) is 0 Å². The van der Waals surface area contributed by atoms with Crippen LogP contribution in [0.4, 0.5) is 0 Å². The third kappa shape index (κ3) is 5.39. The summed E-state index contributed by atoms with van der Waals surface area (Å²) in [4.78, 5) is 21.7. The Morgan fingerprint density at radius 3 is 2.23 bits per heavy atom. The van der Waals surface area contributed by atoms with Gasteiger partial charge in [-0.1, -0.05) is 42.5 Å². The van der Waals surface area contributed by atoms with Gasteiger partial charge in [-0.3, -0.25) is 4.79 Å². The molecule has 0 saturated carbocycles. The molecule has 11 heteroatoms. The Hall–Kier alpha value is -3.51. The van der Waals surface area contributed by atoms with E-state index in [9.17, 15) is 13.2 Å². The molecule has 43 heavy (non-hydrogen) atoms. The first-order valence-corrected chi connectivity index (χ1v) is 16.1. The Labute approximate surface area is 253 Å². The highest BCUT2D eigenvalue weighted by molar-refractivity contribution is 7.89. The van der Waals surface area contributed by atoms with E-state index in [2.05, 4.69) is 9.88 Å². The van der Waals surface area contributed by atoms with E-state index in [1.54, 1.807) is 36.7 Å². The van der Waals surface area contributed by atoms with Gasteiger partial charge in [-0.15, -0.1) is 0 Å². The summed E-state index contributed by atoms with van der Waals surface area (Å²) in [6, 6.07) is 18.7. The Kier molecular flexibility index (Phi) is 7.28. The van der Waals surface area contributed by atoms with Crippen molar-refractivity contribution >= 4 is 39.5 Å². The lowest BCUT2D eigenvalue weighted by atomic mass is 9.79. The first-order chi connectivity index (χ1) is 20.3. The predicted molar refractivity (Wildman–Crippen MR) is 169 cm³/mol. The summed E-state index contributed by atoms with van der Waals surface area (Å²) in [6.45, 7) is 9.35. The molecule has 1 amide bonds. The van der Waals surface area contributed by atoms with E-state index in [1.807, 2.05) is 83.1 Å². The number of aromatic nitrogens is 2. The maximum Gasteiger partial charge on any atom is 0.496 e. The maximum atomic E-state index is 13.7. The van der Waals surface area contributed by atoms with Crippen LogP contribution in [-0.2, 0) is 25.1 Å². The largest absolute Gasteiger partial charge is 0.496 e. The van der Waals surface area contributed by atoms with Crippen LogP contribution in [0.1, 0.15) is 43.6 Å². The molecular weight excluding hydrogens is 563 g/mol. The molecule has 2 aliphatic heterocycles. The SMILES string of the molecule is CN(C)C1CN(C(=O)c2ccc(-c3cn(S(=O)(=O)Cc4ccccc4)c4ncc(B5OC(C)(C)C(C)(C)O5)cc34)cc2)C1. The molecule has 6 rings (SSSR count). The van der Waals surface area contributed by atoms with E-state index in [1.165, 1.54) is 3.97 Å². The summed E-state index contributed by atoms with van der Waals surface area (Å²) in [6.07, 6.45) is 3.25. The highest BCUT2D eigenvalue weighted by atomic mass is 32.2. The maximum absolute atomic E-state index is 13.7. The molecule has 0 aliphatic carbocycles. The molecule has 9 nitrogen and oxygen atoms in total. The molecule has 4 aromatic rings. The van der Waals surface area contributed by atoms with Crippen LogP contribution in [0.3, 0.4) is 0 Å². The van der Waals surface area contributed by atoms with Crippen LogP contribution in [-0.4, -0.2) is 84.6 Å². The van der Waals surface area contributed by atoms with Gasteiger partial charge in [-0.05, 0) is 71.1 Å². The van der Waals surface area contributed by atoms with E-state index >= 15 is 0 Å². The number of likely N-dealkylation sites (N-methyl/N-ethyl adjacent to an activating group) is 1. The molecule has 0 spiro atoms. The van der Waals surface area contributed by atoms with Gasteiger partial charge in [0.15, 0.2) is 5.65 Å². The van der Waals surface area contributed by atoms with Gasteiger partial charge in [-0.2, -0.15) is 0 Å². The number of amides is 1. The zero-order valence-corrected chi connectivity index (χ0v) is 26.3. The summed E-state index contributed by atoms with van der Waals surface area (Å²) in [7, 11) is -0.424. The van der Waals surface area contributed by atoms with Crippen molar-refractivity contribution in [1.29, 1.82) is 0 Å². The van der Waals surface area contributed by atoms with Crippen LogP contribution >= 0.6 is 0 Å². The lowest BCUT2D eigenvalue weighted by molar-refractivity contribution is 0.00578. The smallest absolute Gasteiger partial charge is 0.399 e. The molecular formula is C32H37BN4O5S. The Morgan fingerprint density at radius 1 is 1.00 bits per heavy atom. The molecule has 0 bridgehead atoms. The molecule has 2 saturated heterocycles. The Balaban J connectivity index is 1.39. The van der Waals surface area contributed by atoms with Crippen molar-refractivity contribution in [1.82, 2.24) is 18.8 Å². The predicted octanol–water partition coefficient (Wildman–Crippen LogP) is 3.77. The molecule has 0 unspecified atom stereocenters. The Morgan fingerprint density at radius 2 is 1.63 bits per heavy atom. The van der Waals surface area contributed by atoms with Crippen molar-refractivity contribution in [3.05, 3.63) is 84.2 Å². The fourth-order valence-electron chi connectivity index (χ4n) is 5.42. The molecule has 0 N–H and O–H groups in total. The van der Waals surface area contributed by atoms with Gasteiger partial charge in [0.2, 0.25) is 10.0 Å². The van der Waals surface area contributed by atoms with Gasteiger partial charge in [0.1, 0.15) is 0 Å². The summed E-state index contributed by atoms with van der Waals surface area (Å²) in [5.74, 6) is -0.184. The van der Waals surface area contributed by atoms with Crippen molar-refractivity contribution in [2.75, 3.05) is 27.2 Å². The van der Waals surface area contributed by atoms with Gasteiger partial charge in [0, 0.05) is 53.5 Å². The number of nitrogens with zero attached hydrogens (tertiary/aromatic N) is 4. The number of carbonyl (C=O) groups is 1. The van der Waals surface area contributed by atoms with E-state index in [-0.39, 0.29) is 11.7 Å². The monoisotopic (exact) mass is 600 g/mol. The number of carbonyl (C=O) groups excluding carboxylic acids is 1. The van der Waals surface area contributed by atoms with Gasteiger partial charge >= 0.3 is 7.12 Å². The van der Waals surface area contributed by atoms with E-state index in [4.69, 9.17) is 9.31 Å². The molecule has 2 aromatic carbocycles. The van der Waals surface area contributed by atoms with Crippen LogP contribution in [0.2, 0.25) is 0 Å². The van der Waals surface area contributed by atoms with Gasteiger partial charge < -0.3 is 19.1 Å². The number of benzene rings is 2. The number of pyridine rings is 1. The minimum absolute atomic E-state index is 0.0118. The van der Waals surface area contributed by atoms with E-state index in [0.717, 1.165) is 5.56 Å². The van der Waals surface area contributed by atoms with E-state index in [0.29, 0.717) is 52.3 Å². The minimum Gasteiger partial charge on any atom is -0.399 e. The number of hydrogen-bond acceptors (Lipinski definition) is 7. The first-order valence-electron chi connectivity index (χ1n) is 14.5. The number of likely N-dealkylation sites (tertiary alicyclic amines) is 1. The summed E-state index contributed by atoms with van der Waals surface area (Å²) >= 11 is 0. The summed E-state index contributed by atoms with van der Waals surface area (Å²) in [5.41, 5.74) is 2.69. The fourth-order valence-corrected chi connectivity index (χ4v) is 6.85. The highest BCUT2D eigenvalue weighted by Crippen LogP contribution is 2.37. The van der Waals surface area contributed by atoms with Crippen molar-refractivity contribution in [3.63, 3.8) is 0 Å². The lowest BCUT2D eigenvalue weighted by Crippen LogP contribution is -2.59. The lowest BCUT2D eigenvalue weighted by Gasteiger charge is -2.42. The molecule has 4 heterocycles. The quantitative estimate of drug-likeness (QED) is 0.298. The van der Waals surface area contributed by atoms with Gasteiger partial charge in [0.05, 0.1) is 17.0 Å². The third-order valence-electron chi connectivity index (χ3n) is 8.97. The zero-order valence-electron chi connectivity index (χ0n) is 25.4. The van der Waals surface area contributed by atoms with Crippen LogP contribution in [0.15, 0.2) is 73.1 Å². The number of rotatable bonds is 7. The van der Waals surface area contributed by atoms with Crippen molar-refractivity contribution in [2.45, 2.75) is 50.7 Å². The first kappa shape index (κ1) is 29.6. The molecule has 0 radical (unpaired) electrons. The summed E-state index contributed by atoms with van der Waals surface area (Å²) in [5, 5.41) is 0.652. The second kappa shape index (κ2) is 10.6. The van der Waals surface area contributed by atoms with Gasteiger partial charge in [-0.25, -0.2) is 17.4 Å². The molecule has 2 fully saturated rings. The van der Waals surface area contributed by atoms with Crippen LogP contribution in [0.25, 0.3) is 22.2 Å². The van der Waals surface area contributed by atoms with Gasteiger partial charge in [0.25, 0.3) is 5.91 Å². The second-order valence-electron chi connectivity index (χ2n) is 12.7. The molecule has 224 valence electrons. The number of fused-ring (bicyclic) bond motifs is 1. The van der Waals surface area contributed by atoms with Crippen molar-refractivity contribution < 1.29 is 22.5 Å². The van der Waals surface area contributed by atoms with Crippen LogP contribution in [0, 0.1) is 0 Å². The standard InChI is InChI=1S/C32H37BN4O5S/c1-31(2)32(3,4)42-33(41-31)25-16-27-28(23-12-14-24(15-13-23)30(38)36-18-26(19-36)35(5)6)20-37(29(27)34-17-25)43(39,40)21-22-10-8-7-9-11-22/h7-17,20,26H,18-19,21H2,1-6H3. The average molecular weight is 601 g/mol. The summed E-state index contributed by atoms with van der Waals surface area (Å²) < 4.78 is 41.2. The molecule has 2 aliphatic rings. The molecule has 2 aromatic heterocycles. The molecule has 0 atom stereocenters. The fraction of sp³-hybridized carbons (Fsp3) is 0.375. The number of hydrogen-bond donors (Lipinski definition) is 0. The second-order valence-corrected chi connectivity index (χ2v) is 14.6. The Bertz CT molecular complexity index is 1760. The highest BCUT2D eigenvalue weighted by Gasteiger charge is 2.52. The normalized spacial score (nSPS) is 18.4. The third-order valence-corrected chi connectivity index (χ3v) is 10.5. The zero-order chi connectivity index (χ0) is 30.7. The van der Waals surface area contributed by atoms with E-state index < -0.39 is 28.3 Å². The van der Waals surface area contributed by atoms with Crippen molar-refractivity contribution in [3.8, 4) is 11.1 Å².